The highest BCUT2D eigenvalue weighted by Gasteiger charge is 2.34. The van der Waals surface area contributed by atoms with Crippen LogP contribution >= 0.6 is 8.58 Å². The third kappa shape index (κ3) is 4.95. The summed E-state index contributed by atoms with van der Waals surface area (Å²) in [4.78, 5) is 0. The molecule has 2 aromatic carbocycles. The van der Waals surface area contributed by atoms with Gasteiger partial charge in [-0.1, -0.05) is 63.9 Å². The van der Waals surface area contributed by atoms with Crippen LogP contribution in [-0.4, -0.2) is 19.0 Å². The van der Waals surface area contributed by atoms with Crippen molar-refractivity contribution in [3.63, 3.8) is 0 Å². The molecule has 0 fully saturated rings. The number of aryl methyl sites for hydroxylation is 3. The summed E-state index contributed by atoms with van der Waals surface area (Å²) in [6, 6.07) is 10.9. The zero-order chi connectivity index (χ0) is 20.9. The van der Waals surface area contributed by atoms with Crippen molar-refractivity contribution < 1.29 is 14.6 Å². The van der Waals surface area contributed by atoms with Crippen LogP contribution in [0.5, 0.6) is 5.75 Å². The minimum Gasteiger partial charge on any atom is -0.467 e. The van der Waals surface area contributed by atoms with Gasteiger partial charge < -0.3 is 14.6 Å². The zero-order valence-corrected chi connectivity index (χ0v) is 19.3. The van der Waals surface area contributed by atoms with Gasteiger partial charge in [0.05, 0.1) is 6.10 Å². The standard InChI is InChI=1S/C24H35O3P/c1-8-24(9-2,28-22-11-10-16(3)13-20(22)19(6)25)21-14-17(4)12-18(5)23(21)27-15-26-7/h10-14,19,25,28H,8-9,15H2,1-7H3. The van der Waals surface area contributed by atoms with Gasteiger partial charge in [0.25, 0.3) is 0 Å². The van der Waals surface area contributed by atoms with Crippen molar-refractivity contribution in [3.8, 4) is 5.75 Å². The third-order valence-electron chi connectivity index (χ3n) is 5.49. The van der Waals surface area contributed by atoms with Crippen LogP contribution in [-0.2, 0) is 9.89 Å². The average Bonchev–Trinajstić information content (AvgIpc) is 2.66. The fraction of sp³-hybridized carbons (Fsp3) is 0.500. The molecule has 0 saturated heterocycles. The maximum Gasteiger partial charge on any atom is 0.188 e. The van der Waals surface area contributed by atoms with Gasteiger partial charge in [-0.2, -0.15) is 0 Å². The molecule has 0 radical (unpaired) electrons. The van der Waals surface area contributed by atoms with Crippen molar-refractivity contribution >= 4 is 13.9 Å². The van der Waals surface area contributed by atoms with Crippen LogP contribution in [0.25, 0.3) is 0 Å². The summed E-state index contributed by atoms with van der Waals surface area (Å²) >= 11 is 0. The van der Waals surface area contributed by atoms with Crippen LogP contribution in [0, 0.1) is 20.8 Å². The van der Waals surface area contributed by atoms with E-state index >= 15 is 0 Å². The number of hydrogen-bond acceptors (Lipinski definition) is 3. The molecule has 0 aliphatic heterocycles. The zero-order valence-electron chi connectivity index (χ0n) is 18.3. The first-order valence-electron chi connectivity index (χ1n) is 10.1. The van der Waals surface area contributed by atoms with Crippen molar-refractivity contribution in [3.05, 3.63) is 58.1 Å². The van der Waals surface area contributed by atoms with Crippen molar-refractivity contribution in [1.82, 2.24) is 0 Å². The summed E-state index contributed by atoms with van der Waals surface area (Å²) < 4.78 is 11.2. The minimum atomic E-state index is -0.475. The Morgan fingerprint density at radius 2 is 1.71 bits per heavy atom. The van der Waals surface area contributed by atoms with E-state index in [1.54, 1.807) is 7.11 Å². The lowest BCUT2D eigenvalue weighted by Crippen LogP contribution is -2.25. The molecule has 1 N–H and O–H groups in total. The summed E-state index contributed by atoms with van der Waals surface area (Å²) in [6.07, 6.45) is 1.53. The van der Waals surface area contributed by atoms with Crippen molar-refractivity contribution in [2.45, 2.75) is 65.6 Å². The van der Waals surface area contributed by atoms with Crippen LogP contribution in [0.4, 0.5) is 0 Å². The number of rotatable bonds is 9. The predicted octanol–water partition coefficient (Wildman–Crippen LogP) is 5.67. The molecule has 0 amide bonds. The van der Waals surface area contributed by atoms with Gasteiger partial charge in [0.2, 0.25) is 0 Å². The first-order valence-corrected chi connectivity index (χ1v) is 11.1. The van der Waals surface area contributed by atoms with E-state index in [1.165, 1.54) is 22.0 Å². The lowest BCUT2D eigenvalue weighted by Gasteiger charge is -2.36. The van der Waals surface area contributed by atoms with E-state index in [1.807, 2.05) is 6.92 Å². The number of ether oxygens (including phenoxy) is 2. The molecule has 4 heteroatoms. The number of aliphatic hydroxyl groups is 1. The maximum absolute atomic E-state index is 10.4. The van der Waals surface area contributed by atoms with Crippen molar-refractivity contribution in [1.29, 1.82) is 0 Å². The van der Waals surface area contributed by atoms with E-state index in [9.17, 15) is 5.11 Å². The van der Waals surface area contributed by atoms with Gasteiger partial charge in [0.15, 0.2) is 6.79 Å². The summed E-state index contributed by atoms with van der Waals surface area (Å²) in [7, 11) is 2.20. The minimum absolute atomic E-state index is 0.0429. The van der Waals surface area contributed by atoms with Crippen molar-refractivity contribution in [2.75, 3.05) is 13.9 Å². The SMILES string of the molecule is CCC(CC)(Pc1ccc(C)cc1C(C)O)c1cc(C)cc(C)c1OCOC. The number of hydrogen-bond donors (Lipinski definition) is 1. The second-order valence-electron chi connectivity index (χ2n) is 7.69. The third-order valence-corrected chi connectivity index (χ3v) is 7.67. The Morgan fingerprint density at radius 1 is 1.04 bits per heavy atom. The highest BCUT2D eigenvalue weighted by Crippen LogP contribution is 2.51. The van der Waals surface area contributed by atoms with Crippen LogP contribution < -0.4 is 10.0 Å². The van der Waals surface area contributed by atoms with E-state index in [-0.39, 0.29) is 11.9 Å². The van der Waals surface area contributed by atoms with Gasteiger partial charge >= 0.3 is 0 Å². The molecule has 28 heavy (non-hydrogen) atoms. The Bertz CT molecular complexity index is 795. The predicted molar refractivity (Wildman–Crippen MR) is 120 cm³/mol. The van der Waals surface area contributed by atoms with E-state index in [0.717, 1.165) is 29.7 Å². The fourth-order valence-electron chi connectivity index (χ4n) is 3.89. The summed E-state index contributed by atoms with van der Waals surface area (Å²) in [5, 5.41) is 11.6. The molecule has 0 saturated carbocycles. The highest BCUT2D eigenvalue weighted by atomic mass is 31.1. The molecule has 3 nitrogen and oxygen atoms in total. The molecule has 0 aliphatic carbocycles. The second-order valence-corrected chi connectivity index (χ2v) is 9.44. The summed E-state index contributed by atoms with van der Waals surface area (Å²) in [6.45, 7) is 12.9. The van der Waals surface area contributed by atoms with Crippen LogP contribution in [0.3, 0.4) is 0 Å². The Kier molecular flexibility index (Phi) is 8.07. The molecule has 0 spiro atoms. The largest absolute Gasteiger partial charge is 0.467 e. The number of benzene rings is 2. The number of methoxy groups -OCH3 is 1. The molecule has 0 aromatic heterocycles. The second kappa shape index (κ2) is 9.87. The molecule has 0 aliphatic rings. The monoisotopic (exact) mass is 402 g/mol. The quantitative estimate of drug-likeness (QED) is 0.434. The van der Waals surface area contributed by atoms with Crippen LogP contribution in [0.2, 0.25) is 0 Å². The van der Waals surface area contributed by atoms with E-state index in [2.05, 4.69) is 65.0 Å². The molecule has 2 unspecified atom stereocenters. The molecule has 0 bridgehead atoms. The van der Waals surface area contributed by atoms with Gasteiger partial charge in [-0.25, -0.2) is 0 Å². The van der Waals surface area contributed by atoms with Crippen LogP contribution in [0.1, 0.15) is 67.5 Å². The average molecular weight is 403 g/mol. The van der Waals surface area contributed by atoms with Gasteiger partial charge in [-0.3, -0.25) is 0 Å². The van der Waals surface area contributed by atoms with Gasteiger partial charge in [0.1, 0.15) is 5.75 Å². The molecular formula is C24H35O3P. The van der Waals surface area contributed by atoms with Gasteiger partial charge in [0, 0.05) is 17.8 Å². The van der Waals surface area contributed by atoms with Crippen molar-refractivity contribution in [2.24, 2.45) is 0 Å². The number of aliphatic hydroxyl groups excluding tert-OH is 1. The highest BCUT2D eigenvalue weighted by molar-refractivity contribution is 7.48. The Hall–Kier alpha value is -1.41. The molecule has 154 valence electrons. The van der Waals surface area contributed by atoms with E-state index in [4.69, 9.17) is 9.47 Å². The Balaban J connectivity index is 2.62. The van der Waals surface area contributed by atoms with Gasteiger partial charge in [-0.15, -0.1) is 0 Å². The molecule has 0 heterocycles. The maximum atomic E-state index is 10.4. The first-order chi connectivity index (χ1) is 13.3. The topological polar surface area (TPSA) is 38.7 Å². The van der Waals surface area contributed by atoms with Crippen LogP contribution in [0.15, 0.2) is 30.3 Å². The molecule has 2 atom stereocenters. The van der Waals surface area contributed by atoms with E-state index in [0.29, 0.717) is 8.58 Å². The normalized spacial score (nSPS) is 13.3. The smallest absolute Gasteiger partial charge is 0.188 e. The first kappa shape index (κ1) is 22.9. The Morgan fingerprint density at radius 3 is 2.29 bits per heavy atom. The Labute approximate surface area is 172 Å². The summed E-state index contributed by atoms with van der Waals surface area (Å²) in [5.74, 6) is 0.939. The molecule has 2 rings (SSSR count). The lowest BCUT2D eigenvalue weighted by atomic mass is 9.89. The lowest BCUT2D eigenvalue weighted by molar-refractivity contribution is 0.0494. The van der Waals surface area contributed by atoms with Gasteiger partial charge in [-0.05, 0) is 57.0 Å². The molecular weight excluding hydrogens is 367 g/mol. The fourth-order valence-corrected chi connectivity index (χ4v) is 5.68. The van der Waals surface area contributed by atoms with E-state index < -0.39 is 6.10 Å². The molecule has 2 aromatic rings. The summed E-state index contributed by atoms with van der Waals surface area (Å²) in [5.41, 5.74) is 5.85.